The molecule has 0 aliphatic rings. The number of esters is 1. The molecule has 0 fully saturated rings. The second-order valence-corrected chi connectivity index (χ2v) is 9.03. The van der Waals surface area contributed by atoms with Gasteiger partial charge in [-0.05, 0) is 62.5 Å². The Balaban J connectivity index is 1.54. The molecule has 4 aromatic rings. The summed E-state index contributed by atoms with van der Waals surface area (Å²) < 4.78 is 27.4. The third kappa shape index (κ3) is 5.08. The van der Waals surface area contributed by atoms with Crippen LogP contribution in [0.5, 0.6) is 0 Å². The topological polar surface area (TPSA) is 88.2 Å². The number of carbonyl (C=O) groups excluding carboxylic acids is 2. The first-order valence-electron chi connectivity index (χ1n) is 10.9. The van der Waals surface area contributed by atoms with Crippen LogP contribution in [0.25, 0.3) is 16.4 Å². The van der Waals surface area contributed by atoms with Gasteiger partial charge in [0.2, 0.25) is 5.78 Å². The van der Waals surface area contributed by atoms with Crippen LogP contribution in [0.2, 0.25) is 0 Å². The number of methoxy groups -OCH3 is 1. The maximum Gasteiger partial charge on any atom is 0.378 e. The number of thiophene rings is 1. The Morgan fingerprint density at radius 2 is 1.91 bits per heavy atom. The number of halogens is 1. The first-order chi connectivity index (χ1) is 16.8. The summed E-state index contributed by atoms with van der Waals surface area (Å²) in [6.07, 6.45) is 0. The lowest BCUT2D eigenvalue weighted by molar-refractivity contribution is 0.0462. The number of hydrogen-bond acceptors (Lipinski definition) is 7. The molecule has 182 valence electrons. The van der Waals surface area contributed by atoms with Crippen molar-refractivity contribution in [1.82, 2.24) is 19.3 Å². The van der Waals surface area contributed by atoms with Crippen molar-refractivity contribution in [3.05, 3.63) is 76.4 Å². The predicted octanol–water partition coefficient (Wildman–Crippen LogP) is 4.80. The van der Waals surface area contributed by atoms with Crippen molar-refractivity contribution < 1.29 is 23.5 Å². The molecule has 1 aromatic carbocycles. The Morgan fingerprint density at radius 3 is 2.57 bits per heavy atom. The molecule has 0 N–H and O–H groups in total. The Morgan fingerprint density at radius 1 is 1.17 bits per heavy atom. The van der Waals surface area contributed by atoms with E-state index in [9.17, 15) is 14.0 Å². The molecule has 0 aliphatic carbocycles. The van der Waals surface area contributed by atoms with Crippen molar-refractivity contribution in [2.24, 2.45) is 0 Å². The number of nitrogens with zero attached hydrogens (tertiary/aromatic N) is 4. The molecule has 35 heavy (non-hydrogen) atoms. The van der Waals surface area contributed by atoms with Gasteiger partial charge in [-0.3, -0.25) is 4.79 Å². The zero-order valence-electron chi connectivity index (χ0n) is 19.8. The Bertz CT molecular complexity index is 1340. The van der Waals surface area contributed by atoms with E-state index in [0.717, 1.165) is 16.3 Å². The number of aromatic nitrogens is 4. The summed E-state index contributed by atoms with van der Waals surface area (Å²) in [5, 5.41) is 6.16. The van der Waals surface area contributed by atoms with Gasteiger partial charge in [0.05, 0.1) is 23.2 Å². The van der Waals surface area contributed by atoms with Gasteiger partial charge in [0.25, 0.3) is 5.82 Å². The van der Waals surface area contributed by atoms with Crippen LogP contribution in [0.1, 0.15) is 45.3 Å². The highest BCUT2D eigenvalue weighted by Gasteiger charge is 2.23. The van der Waals surface area contributed by atoms with E-state index in [2.05, 4.69) is 10.1 Å². The second-order valence-electron chi connectivity index (χ2n) is 8.08. The highest BCUT2D eigenvalue weighted by Crippen LogP contribution is 2.26. The van der Waals surface area contributed by atoms with Gasteiger partial charge < -0.3 is 14.0 Å². The molecular weight excluding hydrogens is 471 g/mol. The molecule has 0 aliphatic heterocycles. The molecule has 0 saturated heterocycles. The zero-order valence-corrected chi connectivity index (χ0v) is 20.6. The van der Waals surface area contributed by atoms with Crippen molar-refractivity contribution >= 4 is 23.1 Å². The molecule has 1 unspecified atom stereocenters. The Hall–Kier alpha value is -3.63. The quantitative estimate of drug-likeness (QED) is 0.244. The van der Waals surface area contributed by atoms with Gasteiger partial charge in [0.1, 0.15) is 5.82 Å². The summed E-state index contributed by atoms with van der Waals surface area (Å²) in [6.45, 7) is 5.84. The second kappa shape index (κ2) is 10.3. The minimum atomic E-state index is -0.821. The molecule has 1 atom stereocenters. The van der Waals surface area contributed by atoms with Crippen molar-refractivity contribution in [2.45, 2.75) is 26.8 Å². The maximum absolute atomic E-state index is 13.4. The molecule has 0 amide bonds. The van der Waals surface area contributed by atoms with E-state index < -0.39 is 12.6 Å². The van der Waals surface area contributed by atoms with Crippen molar-refractivity contribution in [3.8, 4) is 16.4 Å². The largest absolute Gasteiger partial charge is 0.451 e. The van der Waals surface area contributed by atoms with Crippen molar-refractivity contribution in [1.29, 1.82) is 0 Å². The number of Topliss-reactive ketones (excluding diaryl/α,β-unsaturated/α-hetero) is 1. The van der Waals surface area contributed by atoms with Crippen LogP contribution in [-0.2, 0) is 9.47 Å². The molecule has 0 bridgehead atoms. The van der Waals surface area contributed by atoms with Gasteiger partial charge in [0.15, 0.2) is 12.4 Å². The van der Waals surface area contributed by atoms with Crippen LogP contribution in [0, 0.1) is 19.7 Å². The molecule has 3 heterocycles. The highest BCUT2D eigenvalue weighted by atomic mass is 32.1. The Labute approximate surface area is 205 Å². The van der Waals surface area contributed by atoms with E-state index in [-0.39, 0.29) is 23.5 Å². The van der Waals surface area contributed by atoms with Gasteiger partial charge in [-0.2, -0.15) is 4.98 Å². The van der Waals surface area contributed by atoms with E-state index in [1.54, 1.807) is 25.3 Å². The summed E-state index contributed by atoms with van der Waals surface area (Å²) >= 11 is 1.42. The summed E-state index contributed by atoms with van der Waals surface area (Å²) in [5.41, 5.74) is 2.73. The SMILES string of the molecule is COCC(C)n1c(C)cc(C(=O)COC(=O)c2nc(-c3cccs3)n(-c3ccc(F)cc3)n2)c1C. The number of aryl methyl sites for hydroxylation is 1. The van der Waals surface area contributed by atoms with Crippen LogP contribution in [-0.4, -0.2) is 51.4 Å². The standard InChI is InChI=1S/C25H25FN4O4S/c1-15-12-20(17(3)29(15)16(2)13-33-4)21(31)14-34-25(32)23-27-24(22-6-5-11-35-22)30(28-23)19-9-7-18(26)8-10-19/h5-12,16H,13-14H2,1-4H3. The molecule has 0 radical (unpaired) electrons. The molecule has 0 saturated carbocycles. The third-order valence-electron chi connectivity index (χ3n) is 5.57. The number of ketones is 1. The lowest BCUT2D eigenvalue weighted by atomic mass is 10.1. The Kier molecular flexibility index (Phi) is 7.23. The van der Waals surface area contributed by atoms with Gasteiger partial charge in [-0.1, -0.05) is 6.07 Å². The number of benzene rings is 1. The summed E-state index contributed by atoms with van der Waals surface area (Å²) in [4.78, 5) is 30.7. The summed E-state index contributed by atoms with van der Waals surface area (Å²) in [7, 11) is 1.63. The van der Waals surface area contributed by atoms with E-state index in [0.29, 0.717) is 23.7 Å². The number of rotatable bonds is 9. The van der Waals surface area contributed by atoms with E-state index >= 15 is 0 Å². The monoisotopic (exact) mass is 496 g/mol. The molecule has 0 spiro atoms. The normalized spacial score (nSPS) is 12.0. The van der Waals surface area contributed by atoms with Gasteiger partial charge in [-0.15, -0.1) is 16.4 Å². The summed E-state index contributed by atoms with van der Waals surface area (Å²) in [5.74, 6) is -1.30. The average molecular weight is 497 g/mol. The van der Waals surface area contributed by atoms with Crippen LogP contribution < -0.4 is 0 Å². The van der Waals surface area contributed by atoms with E-state index in [1.165, 1.54) is 28.2 Å². The fourth-order valence-electron chi connectivity index (χ4n) is 4.05. The molecular formula is C25H25FN4O4S. The first kappa shape index (κ1) is 24.5. The van der Waals surface area contributed by atoms with Gasteiger partial charge in [0, 0.05) is 24.1 Å². The van der Waals surface area contributed by atoms with Gasteiger partial charge in [-0.25, -0.2) is 13.9 Å². The highest BCUT2D eigenvalue weighted by molar-refractivity contribution is 7.13. The fourth-order valence-corrected chi connectivity index (χ4v) is 4.75. The molecule has 3 aromatic heterocycles. The lowest BCUT2D eigenvalue weighted by Crippen LogP contribution is -2.17. The number of carbonyl (C=O) groups is 2. The summed E-state index contributed by atoms with van der Waals surface area (Å²) in [6, 6.07) is 11.2. The fraction of sp³-hybridized carbons (Fsp3) is 0.280. The maximum atomic E-state index is 13.4. The van der Waals surface area contributed by atoms with Crippen LogP contribution in [0.4, 0.5) is 4.39 Å². The molecule has 4 rings (SSSR count). The van der Waals surface area contributed by atoms with Gasteiger partial charge >= 0.3 is 5.97 Å². The first-order valence-corrected chi connectivity index (χ1v) is 11.8. The number of hydrogen-bond donors (Lipinski definition) is 0. The minimum absolute atomic E-state index is 0.0550. The van der Waals surface area contributed by atoms with Crippen LogP contribution in [0.15, 0.2) is 47.8 Å². The van der Waals surface area contributed by atoms with E-state index in [1.807, 2.05) is 42.9 Å². The average Bonchev–Trinajstić information content (AvgIpc) is 3.57. The zero-order chi connectivity index (χ0) is 25.1. The molecule has 8 nitrogen and oxygen atoms in total. The predicted molar refractivity (Wildman–Crippen MR) is 130 cm³/mol. The van der Waals surface area contributed by atoms with Crippen LogP contribution >= 0.6 is 11.3 Å². The lowest BCUT2D eigenvalue weighted by Gasteiger charge is -2.17. The molecule has 10 heteroatoms. The van der Waals surface area contributed by atoms with Crippen molar-refractivity contribution in [2.75, 3.05) is 20.3 Å². The minimum Gasteiger partial charge on any atom is -0.451 e. The van der Waals surface area contributed by atoms with E-state index in [4.69, 9.17) is 9.47 Å². The third-order valence-corrected chi connectivity index (χ3v) is 6.44. The van der Waals surface area contributed by atoms with Crippen molar-refractivity contribution in [3.63, 3.8) is 0 Å². The smallest absolute Gasteiger partial charge is 0.378 e. The van der Waals surface area contributed by atoms with Crippen LogP contribution in [0.3, 0.4) is 0 Å². The number of ether oxygens (including phenoxy) is 2.